The third-order valence-electron chi connectivity index (χ3n) is 7.15. The highest BCUT2D eigenvalue weighted by atomic mass is 16.5. The van der Waals surface area contributed by atoms with Crippen LogP contribution >= 0.6 is 0 Å². The second-order valence-corrected chi connectivity index (χ2v) is 9.66. The molecule has 4 aromatic rings. The van der Waals surface area contributed by atoms with Crippen LogP contribution in [0.25, 0.3) is 22.0 Å². The van der Waals surface area contributed by atoms with E-state index in [-0.39, 0.29) is 19.1 Å². The van der Waals surface area contributed by atoms with Crippen LogP contribution in [0.4, 0.5) is 4.79 Å². The first-order valence-electron chi connectivity index (χ1n) is 12.5. The fraction of sp³-hybridized carbons (Fsp3) is 0.200. The summed E-state index contributed by atoms with van der Waals surface area (Å²) in [5, 5.41) is 10.6. The first-order chi connectivity index (χ1) is 18.9. The Hall–Kier alpha value is -5.10. The summed E-state index contributed by atoms with van der Waals surface area (Å²) >= 11 is 0. The summed E-state index contributed by atoms with van der Waals surface area (Å²) in [5.74, 6) is 5.42. The lowest BCUT2D eigenvalue weighted by molar-refractivity contribution is -0.124. The predicted molar refractivity (Wildman–Crippen MR) is 145 cm³/mol. The van der Waals surface area contributed by atoms with E-state index in [4.69, 9.17) is 4.74 Å². The van der Waals surface area contributed by atoms with Crippen LogP contribution in [-0.2, 0) is 23.9 Å². The van der Waals surface area contributed by atoms with E-state index in [0.29, 0.717) is 23.4 Å². The summed E-state index contributed by atoms with van der Waals surface area (Å²) in [6.45, 7) is 2.26. The van der Waals surface area contributed by atoms with E-state index in [1.807, 2.05) is 55.7 Å². The third kappa shape index (κ3) is 4.26. The summed E-state index contributed by atoms with van der Waals surface area (Å²) in [5.41, 5.74) is 3.37. The van der Waals surface area contributed by atoms with E-state index in [1.54, 1.807) is 28.6 Å². The van der Waals surface area contributed by atoms with Crippen molar-refractivity contribution < 1.29 is 19.1 Å². The number of carbonyl (C=O) groups excluding carboxylic acids is 3. The lowest BCUT2D eigenvalue weighted by Crippen LogP contribution is -2.52. The normalized spacial score (nSPS) is 18.0. The van der Waals surface area contributed by atoms with Crippen molar-refractivity contribution in [3.8, 4) is 28.7 Å². The molecule has 0 bridgehead atoms. The van der Waals surface area contributed by atoms with Crippen molar-refractivity contribution in [2.24, 2.45) is 7.05 Å². The molecule has 194 valence electrons. The van der Waals surface area contributed by atoms with Crippen LogP contribution < -0.4 is 15.4 Å². The number of fused-ring (bicyclic) bond motifs is 2. The zero-order chi connectivity index (χ0) is 27.1. The Labute approximate surface area is 224 Å². The average Bonchev–Trinajstić information content (AvgIpc) is 3.55. The number of imide groups is 1. The van der Waals surface area contributed by atoms with Gasteiger partial charge in [-0.05, 0) is 53.4 Å². The van der Waals surface area contributed by atoms with E-state index < -0.39 is 17.5 Å². The number of nitrogens with zero attached hydrogens (tertiary/aromatic N) is 3. The minimum atomic E-state index is -1.42. The lowest BCUT2D eigenvalue weighted by Gasteiger charge is -2.31. The number of carbonyl (C=O) groups is 3. The van der Waals surface area contributed by atoms with Crippen LogP contribution in [-0.4, -0.2) is 45.7 Å². The highest BCUT2D eigenvalue weighted by Gasteiger charge is 2.50. The molecule has 3 aromatic carbocycles. The topological polar surface area (TPSA) is 106 Å². The molecule has 1 saturated heterocycles. The maximum absolute atomic E-state index is 13.4. The zero-order valence-electron chi connectivity index (χ0n) is 21.4. The molecule has 2 N–H and O–H groups in total. The van der Waals surface area contributed by atoms with Gasteiger partial charge in [-0.1, -0.05) is 42.3 Å². The molecule has 4 amide bonds. The molecule has 9 nitrogen and oxygen atoms in total. The molecule has 3 heterocycles. The number of nitrogens with one attached hydrogen (secondary N) is 2. The van der Waals surface area contributed by atoms with E-state index >= 15 is 0 Å². The molecular weight excluding hydrogens is 494 g/mol. The molecule has 6 rings (SSSR count). The molecule has 1 fully saturated rings. The molecule has 2 aliphatic heterocycles. The number of ether oxygens (including phenoxy) is 1. The SMILES string of the molecule is CC#CCOc1ccc2c(c1)C(=O)N(C[C@@]1(c3ccc(-c4ccc5nn(C)cc5c4)cc3)NC(=O)NC1=O)C2. The molecule has 0 unspecified atom stereocenters. The third-order valence-corrected chi connectivity index (χ3v) is 7.15. The Bertz CT molecular complexity index is 1710. The monoisotopic (exact) mass is 519 g/mol. The van der Waals surface area contributed by atoms with Gasteiger partial charge in [-0.15, -0.1) is 5.92 Å². The summed E-state index contributed by atoms with van der Waals surface area (Å²) < 4.78 is 7.38. The molecule has 0 aliphatic carbocycles. The Morgan fingerprint density at radius 2 is 1.82 bits per heavy atom. The van der Waals surface area contributed by atoms with Gasteiger partial charge in [0, 0.05) is 30.7 Å². The van der Waals surface area contributed by atoms with Crippen molar-refractivity contribution in [3.05, 3.63) is 83.6 Å². The molecular formula is C30H25N5O4. The van der Waals surface area contributed by atoms with Crippen LogP contribution in [0.3, 0.4) is 0 Å². The Balaban J connectivity index is 1.28. The largest absolute Gasteiger partial charge is 0.481 e. The summed E-state index contributed by atoms with van der Waals surface area (Å²) in [6.07, 6.45) is 1.96. The van der Waals surface area contributed by atoms with Crippen LogP contribution in [0.2, 0.25) is 0 Å². The van der Waals surface area contributed by atoms with Crippen molar-refractivity contribution in [2.75, 3.05) is 13.2 Å². The molecule has 2 aliphatic rings. The molecule has 39 heavy (non-hydrogen) atoms. The first-order valence-corrected chi connectivity index (χ1v) is 12.5. The second-order valence-electron chi connectivity index (χ2n) is 9.66. The number of aromatic nitrogens is 2. The maximum atomic E-state index is 13.4. The summed E-state index contributed by atoms with van der Waals surface area (Å²) in [6, 6.07) is 18.2. The molecule has 0 radical (unpaired) electrons. The number of benzene rings is 3. The molecule has 9 heteroatoms. The Morgan fingerprint density at radius 3 is 2.56 bits per heavy atom. The molecule has 0 saturated carbocycles. The summed E-state index contributed by atoms with van der Waals surface area (Å²) in [4.78, 5) is 40.5. The minimum absolute atomic E-state index is 0.0173. The highest BCUT2D eigenvalue weighted by molar-refractivity contribution is 6.08. The van der Waals surface area contributed by atoms with Crippen molar-refractivity contribution in [1.82, 2.24) is 25.3 Å². The highest BCUT2D eigenvalue weighted by Crippen LogP contribution is 2.34. The van der Waals surface area contributed by atoms with E-state index in [9.17, 15) is 14.4 Å². The minimum Gasteiger partial charge on any atom is -0.481 e. The average molecular weight is 520 g/mol. The van der Waals surface area contributed by atoms with E-state index in [0.717, 1.165) is 27.6 Å². The van der Waals surface area contributed by atoms with Gasteiger partial charge in [0.2, 0.25) is 0 Å². The van der Waals surface area contributed by atoms with Gasteiger partial charge < -0.3 is 15.0 Å². The van der Waals surface area contributed by atoms with Gasteiger partial charge in [-0.3, -0.25) is 19.6 Å². The number of urea groups is 1. The van der Waals surface area contributed by atoms with Gasteiger partial charge in [-0.25, -0.2) is 4.79 Å². The first kappa shape index (κ1) is 24.2. The quantitative estimate of drug-likeness (QED) is 0.300. The fourth-order valence-corrected chi connectivity index (χ4v) is 5.21. The van der Waals surface area contributed by atoms with Crippen molar-refractivity contribution in [3.63, 3.8) is 0 Å². The number of hydrogen-bond donors (Lipinski definition) is 2. The van der Waals surface area contributed by atoms with Crippen LogP contribution in [0, 0.1) is 11.8 Å². The fourth-order valence-electron chi connectivity index (χ4n) is 5.21. The standard InChI is InChI=1S/C30H25N5O4/c1-3-4-13-39-24-11-7-21-17-35(27(36)25(21)15-24)18-30(28(37)31-29(38)32-30)23-9-5-19(6-10-23)20-8-12-26-22(14-20)16-34(2)33-26/h5-12,14-16H,13,17-18H2,1-2H3,(H2,31,32,37,38)/t30-/m0/s1. The van der Waals surface area contributed by atoms with Crippen molar-refractivity contribution in [1.29, 1.82) is 0 Å². The molecule has 1 aromatic heterocycles. The van der Waals surface area contributed by atoms with Gasteiger partial charge in [0.25, 0.3) is 11.8 Å². The zero-order valence-corrected chi connectivity index (χ0v) is 21.4. The predicted octanol–water partition coefficient (Wildman–Crippen LogP) is 3.33. The van der Waals surface area contributed by atoms with Gasteiger partial charge in [0.1, 0.15) is 12.4 Å². The van der Waals surface area contributed by atoms with Crippen LogP contribution in [0.5, 0.6) is 5.75 Å². The summed E-state index contributed by atoms with van der Waals surface area (Å²) in [7, 11) is 1.88. The second kappa shape index (κ2) is 9.33. The van der Waals surface area contributed by atoms with E-state index in [1.165, 1.54) is 0 Å². The van der Waals surface area contributed by atoms with Gasteiger partial charge in [0.05, 0.1) is 12.1 Å². The Kier molecular flexibility index (Phi) is 5.80. The van der Waals surface area contributed by atoms with Gasteiger partial charge in [-0.2, -0.15) is 5.10 Å². The van der Waals surface area contributed by atoms with Crippen molar-refractivity contribution in [2.45, 2.75) is 19.0 Å². The number of rotatable bonds is 6. The smallest absolute Gasteiger partial charge is 0.322 e. The van der Waals surface area contributed by atoms with Gasteiger partial charge >= 0.3 is 6.03 Å². The van der Waals surface area contributed by atoms with Crippen LogP contribution in [0.1, 0.15) is 28.4 Å². The number of hydrogen-bond acceptors (Lipinski definition) is 5. The Morgan fingerprint density at radius 1 is 1.03 bits per heavy atom. The van der Waals surface area contributed by atoms with Gasteiger partial charge in [0.15, 0.2) is 5.54 Å². The maximum Gasteiger partial charge on any atom is 0.322 e. The van der Waals surface area contributed by atoms with E-state index in [2.05, 4.69) is 33.6 Å². The molecule has 0 spiro atoms. The number of aryl methyl sites for hydroxylation is 1. The van der Waals surface area contributed by atoms with Crippen LogP contribution in [0.15, 0.2) is 66.9 Å². The lowest BCUT2D eigenvalue weighted by atomic mass is 9.88. The van der Waals surface area contributed by atoms with Crippen molar-refractivity contribution >= 4 is 28.7 Å². The molecule has 1 atom stereocenters. The number of amides is 4.